The molecule has 1 aromatic heterocycles. The lowest BCUT2D eigenvalue weighted by molar-refractivity contribution is 0.728. The fraction of sp³-hybridized carbons (Fsp3) is 0.474. The Morgan fingerprint density at radius 3 is 2.52 bits per heavy atom. The maximum absolute atomic E-state index is 6.29. The van der Waals surface area contributed by atoms with Gasteiger partial charge in [0, 0.05) is 23.7 Å². The van der Waals surface area contributed by atoms with E-state index in [9.17, 15) is 0 Å². The number of hydrogen-bond donors (Lipinski definition) is 1. The topological polar surface area (TPSA) is 41.1 Å². The molecule has 0 aliphatic heterocycles. The zero-order chi connectivity index (χ0) is 17.8. The van der Waals surface area contributed by atoms with Gasteiger partial charge in [-0.25, -0.2) is 4.98 Å². The van der Waals surface area contributed by atoms with Gasteiger partial charge in [0.1, 0.15) is 5.82 Å². The first-order chi connectivity index (χ1) is 12.1. The van der Waals surface area contributed by atoms with Crippen molar-refractivity contribution in [1.82, 2.24) is 9.97 Å². The largest absolute Gasteiger partial charge is 0.356 e. The lowest BCUT2D eigenvalue weighted by Crippen LogP contribution is -2.27. The van der Waals surface area contributed by atoms with Crippen LogP contribution in [0.2, 0.25) is 10.0 Å². The molecule has 0 unspecified atom stereocenters. The summed E-state index contributed by atoms with van der Waals surface area (Å²) >= 11 is 12.3. The van der Waals surface area contributed by atoms with Gasteiger partial charge < -0.3 is 10.2 Å². The summed E-state index contributed by atoms with van der Waals surface area (Å²) in [6.45, 7) is 6.43. The van der Waals surface area contributed by atoms with Gasteiger partial charge in [0.2, 0.25) is 5.95 Å². The molecule has 0 saturated carbocycles. The zero-order valence-corrected chi connectivity index (χ0v) is 16.3. The molecular weight excluding hydrogens is 355 g/mol. The molecule has 0 bridgehead atoms. The van der Waals surface area contributed by atoms with E-state index in [1.165, 1.54) is 5.56 Å². The SMILES string of the molecule is CCCN(CCC)c1nc(Nc2ccc(Cl)cc2Cl)nc2c1CCC2. The van der Waals surface area contributed by atoms with Crippen molar-refractivity contribution in [2.75, 3.05) is 23.3 Å². The standard InChI is InChI=1S/C19H24Cl2N4/c1-3-10-25(11-4-2)18-14-6-5-7-16(14)22-19(24-18)23-17-9-8-13(20)12-15(17)21/h8-9,12H,3-7,10-11H2,1-2H3,(H,22,23,24). The minimum atomic E-state index is 0.567. The van der Waals surface area contributed by atoms with Crippen LogP contribution in [0.1, 0.15) is 44.4 Å². The van der Waals surface area contributed by atoms with Crippen molar-refractivity contribution in [2.24, 2.45) is 0 Å². The van der Waals surface area contributed by atoms with Crippen molar-refractivity contribution in [3.63, 3.8) is 0 Å². The van der Waals surface area contributed by atoms with E-state index in [1.807, 2.05) is 12.1 Å². The van der Waals surface area contributed by atoms with Crippen LogP contribution in [0.15, 0.2) is 18.2 Å². The lowest BCUT2D eigenvalue weighted by Gasteiger charge is -2.25. The van der Waals surface area contributed by atoms with Crippen LogP contribution >= 0.6 is 23.2 Å². The third-order valence-electron chi connectivity index (χ3n) is 4.38. The molecule has 134 valence electrons. The summed E-state index contributed by atoms with van der Waals surface area (Å²) in [5.41, 5.74) is 3.25. The average Bonchev–Trinajstić information content (AvgIpc) is 3.05. The molecular formula is C19H24Cl2N4. The highest BCUT2D eigenvalue weighted by molar-refractivity contribution is 6.36. The number of nitrogens with zero attached hydrogens (tertiary/aromatic N) is 3. The number of nitrogens with one attached hydrogen (secondary N) is 1. The van der Waals surface area contributed by atoms with Gasteiger partial charge in [-0.15, -0.1) is 0 Å². The van der Waals surface area contributed by atoms with Crippen molar-refractivity contribution in [3.05, 3.63) is 39.5 Å². The molecule has 0 fully saturated rings. The Hall–Kier alpha value is -1.52. The van der Waals surface area contributed by atoms with Crippen LogP contribution in [0.25, 0.3) is 0 Å². The normalized spacial score (nSPS) is 13.0. The Bertz CT molecular complexity index is 742. The highest BCUT2D eigenvalue weighted by Crippen LogP contribution is 2.32. The van der Waals surface area contributed by atoms with E-state index in [1.54, 1.807) is 6.07 Å². The molecule has 6 heteroatoms. The van der Waals surface area contributed by atoms with Crippen molar-refractivity contribution in [1.29, 1.82) is 0 Å². The molecule has 1 N–H and O–H groups in total. The smallest absolute Gasteiger partial charge is 0.229 e. The van der Waals surface area contributed by atoms with Gasteiger partial charge in [-0.3, -0.25) is 0 Å². The van der Waals surface area contributed by atoms with Gasteiger partial charge in [-0.05, 0) is 50.3 Å². The van der Waals surface area contributed by atoms with E-state index in [4.69, 9.17) is 33.2 Å². The quantitative estimate of drug-likeness (QED) is 0.676. The first kappa shape index (κ1) is 18.3. The summed E-state index contributed by atoms with van der Waals surface area (Å²) in [5.74, 6) is 1.69. The number of aryl methyl sites for hydroxylation is 1. The molecule has 1 aromatic carbocycles. The number of rotatable bonds is 7. The van der Waals surface area contributed by atoms with Crippen LogP contribution in [0.4, 0.5) is 17.5 Å². The van der Waals surface area contributed by atoms with Gasteiger partial charge in [0.05, 0.1) is 16.4 Å². The van der Waals surface area contributed by atoms with Crippen LogP contribution in [0.3, 0.4) is 0 Å². The van der Waals surface area contributed by atoms with Crippen molar-refractivity contribution in [3.8, 4) is 0 Å². The zero-order valence-electron chi connectivity index (χ0n) is 14.8. The highest BCUT2D eigenvalue weighted by Gasteiger charge is 2.22. The summed E-state index contributed by atoms with van der Waals surface area (Å²) in [4.78, 5) is 12.0. The van der Waals surface area contributed by atoms with Crippen LogP contribution < -0.4 is 10.2 Å². The van der Waals surface area contributed by atoms with E-state index < -0.39 is 0 Å². The number of halogens is 2. The van der Waals surface area contributed by atoms with Gasteiger partial charge in [0.25, 0.3) is 0 Å². The number of fused-ring (bicyclic) bond motifs is 1. The second-order valence-corrected chi connectivity index (χ2v) is 7.23. The van der Waals surface area contributed by atoms with E-state index >= 15 is 0 Å². The number of hydrogen-bond acceptors (Lipinski definition) is 4. The second-order valence-electron chi connectivity index (χ2n) is 6.39. The summed E-state index contributed by atoms with van der Waals surface area (Å²) in [6, 6.07) is 5.39. The van der Waals surface area contributed by atoms with Crippen molar-refractivity contribution in [2.45, 2.75) is 46.0 Å². The molecule has 0 atom stereocenters. The molecule has 0 radical (unpaired) electrons. The Morgan fingerprint density at radius 1 is 1.08 bits per heavy atom. The minimum absolute atomic E-state index is 0.567. The molecule has 2 aromatic rings. The number of aromatic nitrogens is 2. The number of anilines is 3. The third-order valence-corrected chi connectivity index (χ3v) is 4.92. The minimum Gasteiger partial charge on any atom is -0.356 e. The van der Waals surface area contributed by atoms with Gasteiger partial charge >= 0.3 is 0 Å². The van der Waals surface area contributed by atoms with Gasteiger partial charge in [-0.1, -0.05) is 37.0 Å². The molecule has 1 aliphatic rings. The fourth-order valence-electron chi connectivity index (χ4n) is 3.30. The summed E-state index contributed by atoms with van der Waals surface area (Å²) in [6.07, 6.45) is 5.43. The van der Waals surface area contributed by atoms with Crippen molar-refractivity contribution >= 4 is 40.7 Å². The maximum Gasteiger partial charge on any atom is 0.229 e. The first-order valence-electron chi connectivity index (χ1n) is 8.99. The highest BCUT2D eigenvalue weighted by atomic mass is 35.5. The predicted octanol–water partition coefficient (Wildman–Crippen LogP) is 5.64. The Morgan fingerprint density at radius 2 is 1.84 bits per heavy atom. The van der Waals surface area contributed by atoms with Crippen LogP contribution in [0.5, 0.6) is 0 Å². The lowest BCUT2D eigenvalue weighted by atomic mass is 10.2. The molecule has 4 nitrogen and oxygen atoms in total. The molecule has 0 saturated heterocycles. The Balaban J connectivity index is 1.96. The van der Waals surface area contributed by atoms with Gasteiger partial charge in [0.15, 0.2) is 0 Å². The fourth-order valence-corrected chi connectivity index (χ4v) is 3.76. The Labute approximate surface area is 159 Å². The average molecular weight is 379 g/mol. The summed E-state index contributed by atoms with van der Waals surface area (Å²) < 4.78 is 0. The molecule has 1 heterocycles. The van der Waals surface area contributed by atoms with E-state index in [0.717, 1.165) is 62.4 Å². The van der Waals surface area contributed by atoms with E-state index in [2.05, 4.69) is 24.1 Å². The molecule has 0 spiro atoms. The van der Waals surface area contributed by atoms with Crippen LogP contribution in [-0.2, 0) is 12.8 Å². The third kappa shape index (κ3) is 4.18. The van der Waals surface area contributed by atoms with E-state index in [0.29, 0.717) is 16.0 Å². The first-order valence-corrected chi connectivity index (χ1v) is 9.74. The van der Waals surface area contributed by atoms with Crippen molar-refractivity contribution < 1.29 is 0 Å². The Kier molecular flexibility index (Phi) is 6.02. The van der Waals surface area contributed by atoms with Crippen LogP contribution in [-0.4, -0.2) is 23.1 Å². The molecule has 1 aliphatic carbocycles. The summed E-state index contributed by atoms with van der Waals surface area (Å²) in [7, 11) is 0. The number of benzene rings is 1. The van der Waals surface area contributed by atoms with E-state index in [-0.39, 0.29) is 0 Å². The molecule has 0 amide bonds. The van der Waals surface area contributed by atoms with Crippen LogP contribution in [0, 0.1) is 0 Å². The molecule has 25 heavy (non-hydrogen) atoms. The molecule has 3 rings (SSSR count). The summed E-state index contributed by atoms with van der Waals surface area (Å²) in [5, 5.41) is 4.45. The van der Waals surface area contributed by atoms with Gasteiger partial charge in [-0.2, -0.15) is 4.98 Å². The monoisotopic (exact) mass is 378 g/mol. The predicted molar refractivity (Wildman–Crippen MR) is 107 cm³/mol. The second kappa shape index (κ2) is 8.24. The maximum atomic E-state index is 6.29.